The highest BCUT2D eigenvalue weighted by Gasteiger charge is 2.20. The fourth-order valence-electron chi connectivity index (χ4n) is 2.09. The van der Waals surface area contributed by atoms with E-state index in [4.69, 9.17) is 0 Å². The van der Waals surface area contributed by atoms with Crippen LogP contribution in [0.5, 0.6) is 0 Å². The SMILES string of the molecule is CN(Cc1cc(Br)ccc1F)C(=O)N1CCNCC1. The molecule has 0 aromatic heterocycles. The first-order valence-electron chi connectivity index (χ1n) is 6.22. The van der Waals surface area contributed by atoms with Crippen molar-refractivity contribution in [1.82, 2.24) is 15.1 Å². The quantitative estimate of drug-likeness (QED) is 0.901. The van der Waals surface area contributed by atoms with Crippen LogP contribution >= 0.6 is 15.9 Å². The van der Waals surface area contributed by atoms with Gasteiger partial charge < -0.3 is 15.1 Å². The van der Waals surface area contributed by atoms with Gasteiger partial charge in [0.05, 0.1) is 0 Å². The van der Waals surface area contributed by atoms with Gasteiger partial charge in [-0.15, -0.1) is 0 Å². The summed E-state index contributed by atoms with van der Waals surface area (Å²) in [5.41, 5.74) is 0.514. The Morgan fingerprint density at radius 2 is 2.16 bits per heavy atom. The molecule has 1 N–H and O–H groups in total. The van der Waals surface area contributed by atoms with E-state index >= 15 is 0 Å². The van der Waals surface area contributed by atoms with Crippen molar-refractivity contribution in [3.8, 4) is 0 Å². The lowest BCUT2D eigenvalue weighted by atomic mass is 10.2. The Hall–Kier alpha value is -1.14. The van der Waals surface area contributed by atoms with Crippen LogP contribution in [0.4, 0.5) is 9.18 Å². The summed E-state index contributed by atoms with van der Waals surface area (Å²) in [7, 11) is 1.70. The number of carbonyl (C=O) groups is 1. The molecule has 1 aliphatic rings. The number of halogens is 2. The zero-order valence-corrected chi connectivity index (χ0v) is 12.4. The van der Waals surface area contributed by atoms with Crippen LogP contribution in [0.3, 0.4) is 0 Å². The Morgan fingerprint density at radius 1 is 1.47 bits per heavy atom. The summed E-state index contributed by atoms with van der Waals surface area (Å²) < 4.78 is 14.5. The van der Waals surface area contributed by atoms with Crippen molar-refractivity contribution in [3.05, 3.63) is 34.1 Å². The molecule has 1 aromatic carbocycles. The van der Waals surface area contributed by atoms with Gasteiger partial charge in [0.1, 0.15) is 5.82 Å². The normalized spacial score (nSPS) is 15.4. The highest BCUT2D eigenvalue weighted by molar-refractivity contribution is 9.10. The van der Waals surface area contributed by atoms with Crippen molar-refractivity contribution in [2.24, 2.45) is 0 Å². The predicted octanol–water partition coefficient (Wildman–Crippen LogP) is 2.05. The second-order valence-electron chi connectivity index (χ2n) is 4.61. The van der Waals surface area contributed by atoms with E-state index in [-0.39, 0.29) is 18.4 Å². The molecule has 104 valence electrons. The standard InChI is InChI=1S/C13H17BrFN3O/c1-17(13(19)18-6-4-16-5-7-18)9-10-8-11(14)2-3-12(10)15/h2-3,8,16H,4-7,9H2,1H3. The van der Waals surface area contributed by atoms with Crippen LogP contribution in [0.15, 0.2) is 22.7 Å². The van der Waals surface area contributed by atoms with Crippen LogP contribution in [0.2, 0.25) is 0 Å². The van der Waals surface area contributed by atoms with Crippen molar-refractivity contribution >= 4 is 22.0 Å². The van der Waals surface area contributed by atoms with Crippen molar-refractivity contribution in [2.75, 3.05) is 33.2 Å². The van der Waals surface area contributed by atoms with Gasteiger partial charge in [-0.05, 0) is 18.2 Å². The molecule has 19 heavy (non-hydrogen) atoms. The largest absolute Gasteiger partial charge is 0.323 e. The number of benzene rings is 1. The zero-order chi connectivity index (χ0) is 13.8. The predicted molar refractivity (Wildman–Crippen MR) is 75.4 cm³/mol. The average Bonchev–Trinajstić information content (AvgIpc) is 2.43. The van der Waals surface area contributed by atoms with E-state index in [0.717, 1.165) is 17.6 Å². The lowest BCUT2D eigenvalue weighted by Crippen LogP contribution is -2.50. The molecule has 1 saturated heterocycles. The molecule has 2 amide bonds. The minimum Gasteiger partial charge on any atom is -0.323 e. The topological polar surface area (TPSA) is 35.6 Å². The molecule has 1 heterocycles. The Bertz CT molecular complexity index is 463. The van der Waals surface area contributed by atoms with Gasteiger partial charge in [-0.1, -0.05) is 15.9 Å². The summed E-state index contributed by atoms with van der Waals surface area (Å²) in [4.78, 5) is 15.5. The van der Waals surface area contributed by atoms with Gasteiger partial charge in [0.15, 0.2) is 0 Å². The summed E-state index contributed by atoms with van der Waals surface area (Å²) in [6.07, 6.45) is 0. The molecule has 1 aromatic rings. The van der Waals surface area contributed by atoms with Gasteiger partial charge >= 0.3 is 6.03 Å². The molecular weight excluding hydrogens is 313 g/mol. The first-order chi connectivity index (χ1) is 9.08. The summed E-state index contributed by atoms with van der Waals surface area (Å²) in [5, 5.41) is 3.20. The van der Waals surface area contributed by atoms with Crippen molar-refractivity contribution in [1.29, 1.82) is 0 Å². The molecule has 4 nitrogen and oxygen atoms in total. The monoisotopic (exact) mass is 329 g/mol. The highest BCUT2D eigenvalue weighted by atomic mass is 79.9. The number of urea groups is 1. The summed E-state index contributed by atoms with van der Waals surface area (Å²) in [5.74, 6) is -0.289. The van der Waals surface area contributed by atoms with Gasteiger partial charge in [-0.3, -0.25) is 0 Å². The third kappa shape index (κ3) is 3.67. The maximum absolute atomic E-state index is 13.7. The van der Waals surface area contributed by atoms with Gasteiger partial charge in [0, 0.05) is 49.8 Å². The van der Waals surface area contributed by atoms with Crippen LogP contribution in [-0.2, 0) is 6.54 Å². The molecule has 0 atom stereocenters. The Labute approximate surface area is 120 Å². The first-order valence-corrected chi connectivity index (χ1v) is 7.02. The molecule has 0 aliphatic carbocycles. The van der Waals surface area contributed by atoms with Crippen LogP contribution in [0.25, 0.3) is 0 Å². The molecule has 1 aliphatic heterocycles. The summed E-state index contributed by atoms with van der Waals surface area (Å²) in [6, 6.07) is 4.71. The van der Waals surface area contributed by atoms with Gasteiger partial charge in [0.2, 0.25) is 0 Å². The minimum atomic E-state index is -0.289. The van der Waals surface area contributed by atoms with Crippen molar-refractivity contribution in [2.45, 2.75) is 6.54 Å². The maximum atomic E-state index is 13.7. The number of rotatable bonds is 2. The van der Waals surface area contributed by atoms with E-state index in [1.54, 1.807) is 29.0 Å². The van der Waals surface area contributed by atoms with E-state index < -0.39 is 0 Å². The highest BCUT2D eigenvalue weighted by Crippen LogP contribution is 2.17. The molecule has 6 heteroatoms. The lowest BCUT2D eigenvalue weighted by Gasteiger charge is -2.31. The molecule has 0 radical (unpaired) electrons. The molecule has 0 spiro atoms. The lowest BCUT2D eigenvalue weighted by molar-refractivity contribution is 0.154. The fourth-order valence-corrected chi connectivity index (χ4v) is 2.49. The number of nitrogens with one attached hydrogen (secondary N) is 1. The molecule has 1 fully saturated rings. The van der Waals surface area contributed by atoms with Crippen LogP contribution in [0.1, 0.15) is 5.56 Å². The van der Waals surface area contributed by atoms with Crippen molar-refractivity contribution in [3.63, 3.8) is 0 Å². The van der Waals surface area contributed by atoms with Crippen LogP contribution in [0, 0.1) is 5.82 Å². The first kappa shape index (κ1) is 14.3. The van der Waals surface area contributed by atoms with Crippen molar-refractivity contribution < 1.29 is 9.18 Å². The van der Waals surface area contributed by atoms with Gasteiger partial charge in [0.25, 0.3) is 0 Å². The number of carbonyl (C=O) groups excluding carboxylic acids is 1. The number of hydrogen-bond donors (Lipinski definition) is 1. The number of nitrogens with zero attached hydrogens (tertiary/aromatic N) is 2. The Morgan fingerprint density at radius 3 is 2.84 bits per heavy atom. The van der Waals surface area contributed by atoms with E-state index in [1.165, 1.54) is 6.07 Å². The maximum Gasteiger partial charge on any atom is 0.320 e. The van der Waals surface area contributed by atoms with Gasteiger partial charge in [-0.2, -0.15) is 0 Å². The zero-order valence-electron chi connectivity index (χ0n) is 10.8. The average molecular weight is 330 g/mol. The van der Waals surface area contributed by atoms with E-state index in [0.29, 0.717) is 18.7 Å². The Kier molecular flexibility index (Phi) is 4.76. The van der Waals surface area contributed by atoms with E-state index in [1.807, 2.05) is 0 Å². The summed E-state index contributed by atoms with van der Waals surface area (Å²) >= 11 is 3.31. The smallest absolute Gasteiger partial charge is 0.320 e. The van der Waals surface area contributed by atoms with Crippen LogP contribution < -0.4 is 5.32 Å². The fraction of sp³-hybridized carbons (Fsp3) is 0.462. The molecule has 0 unspecified atom stereocenters. The third-order valence-corrected chi connectivity index (χ3v) is 3.62. The Balaban J connectivity index is 2.01. The summed E-state index contributed by atoms with van der Waals surface area (Å²) in [6.45, 7) is 3.29. The molecule has 0 saturated carbocycles. The number of hydrogen-bond acceptors (Lipinski definition) is 2. The van der Waals surface area contributed by atoms with E-state index in [2.05, 4.69) is 21.2 Å². The molecular formula is C13H17BrFN3O. The second-order valence-corrected chi connectivity index (χ2v) is 5.53. The molecule has 0 bridgehead atoms. The third-order valence-electron chi connectivity index (χ3n) is 3.13. The number of piperazine rings is 1. The van der Waals surface area contributed by atoms with E-state index in [9.17, 15) is 9.18 Å². The minimum absolute atomic E-state index is 0.0547. The second kappa shape index (κ2) is 6.34. The van der Waals surface area contributed by atoms with Gasteiger partial charge in [-0.25, -0.2) is 9.18 Å². The molecule has 2 rings (SSSR count). The number of amides is 2. The van der Waals surface area contributed by atoms with Crippen LogP contribution in [-0.4, -0.2) is 49.1 Å².